The first kappa shape index (κ1) is 16.8. The van der Waals surface area contributed by atoms with Gasteiger partial charge in [-0.25, -0.2) is 0 Å². The van der Waals surface area contributed by atoms with E-state index in [1.807, 2.05) is 6.07 Å². The lowest BCUT2D eigenvalue weighted by Crippen LogP contribution is -2.13. The van der Waals surface area contributed by atoms with Crippen LogP contribution in [0.2, 0.25) is 0 Å². The van der Waals surface area contributed by atoms with E-state index in [9.17, 15) is 15.2 Å². The second-order valence-electron chi connectivity index (χ2n) is 4.84. The highest BCUT2D eigenvalue weighted by Gasteiger charge is 2.09. The predicted molar refractivity (Wildman–Crippen MR) is 92.5 cm³/mol. The molecule has 24 heavy (non-hydrogen) atoms. The molecule has 0 atom stereocenters. The second kappa shape index (κ2) is 8.20. The normalized spacial score (nSPS) is 10.5. The molecule has 0 aliphatic carbocycles. The zero-order chi connectivity index (χ0) is 17.4. The Morgan fingerprint density at radius 2 is 1.88 bits per heavy atom. The lowest BCUT2D eigenvalue weighted by molar-refractivity contribution is -0.112. The van der Waals surface area contributed by atoms with Gasteiger partial charge >= 0.3 is 0 Å². The third kappa shape index (κ3) is 4.75. The van der Waals surface area contributed by atoms with Crippen LogP contribution in [0.15, 0.2) is 66.8 Å². The fourth-order valence-electron chi connectivity index (χ4n) is 1.87. The number of phenols is 1. The van der Waals surface area contributed by atoms with E-state index in [1.54, 1.807) is 42.5 Å². The summed E-state index contributed by atoms with van der Waals surface area (Å²) in [6, 6.07) is 14.9. The van der Waals surface area contributed by atoms with Gasteiger partial charge in [0, 0.05) is 5.69 Å². The number of hydrogen-bond acceptors (Lipinski definition) is 4. The highest BCUT2D eigenvalue weighted by atomic mass is 16.5. The summed E-state index contributed by atoms with van der Waals surface area (Å²) in [6.45, 7) is 3.97. The summed E-state index contributed by atoms with van der Waals surface area (Å²) in [5.41, 5.74) is 1.16. The standard InChI is InChI=1S/C19H16N2O3/c1-2-11-24-18-9-5-16(6-10-18)21-19(23)15(13-20)12-14-3-7-17(22)8-4-14/h2-10,12,22H,1,11H2,(H,21,23)/b15-12+. The number of aromatic hydroxyl groups is 1. The first-order valence-corrected chi connectivity index (χ1v) is 7.18. The largest absolute Gasteiger partial charge is 0.508 e. The van der Waals surface area contributed by atoms with Gasteiger partial charge in [-0.1, -0.05) is 24.8 Å². The number of amides is 1. The molecule has 0 aromatic heterocycles. The van der Waals surface area contributed by atoms with Crippen molar-refractivity contribution in [1.29, 1.82) is 5.26 Å². The van der Waals surface area contributed by atoms with E-state index < -0.39 is 5.91 Å². The van der Waals surface area contributed by atoms with Crippen molar-refractivity contribution in [3.63, 3.8) is 0 Å². The van der Waals surface area contributed by atoms with Crippen molar-refractivity contribution in [3.05, 3.63) is 72.3 Å². The predicted octanol–water partition coefficient (Wildman–Crippen LogP) is 3.50. The molecule has 120 valence electrons. The van der Waals surface area contributed by atoms with Gasteiger partial charge in [0.15, 0.2) is 0 Å². The van der Waals surface area contributed by atoms with Crippen LogP contribution in [-0.4, -0.2) is 17.6 Å². The number of rotatable bonds is 6. The maximum atomic E-state index is 12.2. The van der Waals surface area contributed by atoms with Crippen LogP contribution in [0.1, 0.15) is 5.56 Å². The summed E-state index contributed by atoms with van der Waals surface area (Å²) in [6.07, 6.45) is 3.10. The first-order chi connectivity index (χ1) is 11.6. The fourth-order valence-corrected chi connectivity index (χ4v) is 1.87. The summed E-state index contributed by atoms with van der Waals surface area (Å²) in [5.74, 6) is 0.271. The molecule has 0 unspecified atom stereocenters. The molecule has 2 aromatic carbocycles. The van der Waals surface area contributed by atoms with Gasteiger partial charge < -0.3 is 15.2 Å². The number of nitrogens with zero attached hydrogens (tertiary/aromatic N) is 1. The van der Waals surface area contributed by atoms with Crippen molar-refractivity contribution >= 4 is 17.7 Å². The topological polar surface area (TPSA) is 82.3 Å². The van der Waals surface area contributed by atoms with Crippen molar-refractivity contribution < 1.29 is 14.6 Å². The molecular weight excluding hydrogens is 304 g/mol. The Labute approximate surface area is 140 Å². The molecule has 2 aromatic rings. The van der Waals surface area contributed by atoms with E-state index in [-0.39, 0.29) is 11.3 Å². The molecule has 2 N–H and O–H groups in total. The third-order valence-corrected chi connectivity index (χ3v) is 3.05. The maximum absolute atomic E-state index is 12.2. The molecule has 5 nitrogen and oxygen atoms in total. The minimum absolute atomic E-state index is 0.0346. The highest BCUT2D eigenvalue weighted by Crippen LogP contribution is 2.17. The van der Waals surface area contributed by atoms with Gasteiger partial charge in [-0.05, 0) is 48.0 Å². The van der Waals surface area contributed by atoms with E-state index in [0.29, 0.717) is 23.6 Å². The average Bonchev–Trinajstić information content (AvgIpc) is 2.60. The quantitative estimate of drug-likeness (QED) is 0.485. The molecule has 0 saturated carbocycles. The Morgan fingerprint density at radius 3 is 2.46 bits per heavy atom. The van der Waals surface area contributed by atoms with Gasteiger partial charge in [-0.2, -0.15) is 5.26 Å². The molecule has 0 saturated heterocycles. The Bertz CT molecular complexity index is 785. The zero-order valence-electron chi connectivity index (χ0n) is 12.9. The minimum atomic E-state index is -0.509. The number of phenolic OH excluding ortho intramolecular Hbond substituents is 1. The Kier molecular flexibility index (Phi) is 5.76. The second-order valence-corrected chi connectivity index (χ2v) is 4.84. The van der Waals surface area contributed by atoms with Crippen LogP contribution in [0.3, 0.4) is 0 Å². The Balaban J connectivity index is 2.07. The minimum Gasteiger partial charge on any atom is -0.508 e. The number of hydrogen-bond donors (Lipinski definition) is 2. The number of anilines is 1. The van der Waals surface area contributed by atoms with E-state index >= 15 is 0 Å². The lowest BCUT2D eigenvalue weighted by atomic mass is 10.1. The summed E-state index contributed by atoms with van der Waals surface area (Å²) >= 11 is 0. The summed E-state index contributed by atoms with van der Waals surface area (Å²) in [7, 11) is 0. The number of carbonyl (C=O) groups excluding carboxylic acids is 1. The van der Waals surface area contributed by atoms with Gasteiger partial charge in [-0.3, -0.25) is 4.79 Å². The molecule has 0 aliphatic rings. The van der Waals surface area contributed by atoms with E-state index in [2.05, 4.69) is 11.9 Å². The summed E-state index contributed by atoms with van der Waals surface area (Å²) in [4.78, 5) is 12.2. The number of carbonyl (C=O) groups is 1. The SMILES string of the molecule is C=CCOc1ccc(NC(=O)/C(C#N)=C/c2ccc(O)cc2)cc1. The van der Waals surface area contributed by atoms with Crippen molar-refractivity contribution in [1.82, 2.24) is 0 Å². The van der Waals surface area contributed by atoms with Crippen molar-refractivity contribution in [3.8, 4) is 17.6 Å². The molecule has 1 amide bonds. The van der Waals surface area contributed by atoms with Gasteiger partial charge in [0.2, 0.25) is 0 Å². The molecule has 0 bridgehead atoms. The number of nitrogens with one attached hydrogen (secondary N) is 1. The molecule has 2 rings (SSSR count). The molecule has 0 fully saturated rings. The van der Waals surface area contributed by atoms with Crippen LogP contribution in [0.5, 0.6) is 11.5 Å². The molecule has 0 radical (unpaired) electrons. The lowest BCUT2D eigenvalue weighted by Gasteiger charge is -2.07. The van der Waals surface area contributed by atoms with E-state index in [4.69, 9.17) is 4.74 Å². The van der Waals surface area contributed by atoms with Gasteiger partial charge in [-0.15, -0.1) is 0 Å². The van der Waals surface area contributed by atoms with Crippen LogP contribution in [-0.2, 0) is 4.79 Å². The molecule has 0 heterocycles. The summed E-state index contributed by atoms with van der Waals surface area (Å²) < 4.78 is 5.36. The van der Waals surface area contributed by atoms with Crippen LogP contribution in [0.4, 0.5) is 5.69 Å². The van der Waals surface area contributed by atoms with Gasteiger partial charge in [0.1, 0.15) is 29.7 Å². The monoisotopic (exact) mass is 320 g/mol. The zero-order valence-corrected chi connectivity index (χ0v) is 12.9. The molecular formula is C19H16N2O3. The third-order valence-electron chi connectivity index (χ3n) is 3.05. The fraction of sp³-hybridized carbons (Fsp3) is 0.0526. The molecule has 0 spiro atoms. The Morgan fingerprint density at radius 1 is 1.21 bits per heavy atom. The van der Waals surface area contributed by atoms with Crippen LogP contribution >= 0.6 is 0 Å². The van der Waals surface area contributed by atoms with Crippen molar-refractivity contribution in [2.45, 2.75) is 0 Å². The van der Waals surface area contributed by atoms with Crippen molar-refractivity contribution in [2.24, 2.45) is 0 Å². The van der Waals surface area contributed by atoms with E-state index in [1.165, 1.54) is 18.2 Å². The Hall–Kier alpha value is -3.52. The average molecular weight is 320 g/mol. The smallest absolute Gasteiger partial charge is 0.266 e. The van der Waals surface area contributed by atoms with Crippen LogP contribution < -0.4 is 10.1 Å². The van der Waals surface area contributed by atoms with Gasteiger partial charge in [0.25, 0.3) is 5.91 Å². The van der Waals surface area contributed by atoms with Crippen molar-refractivity contribution in [2.75, 3.05) is 11.9 Å². The molecule has 0 aliphatic heterocycles. The van der Waals surface area contributed by atoms with Crippen LogP contribution in [0, 0.1) is 11.3 Å². The highest BCUT2D eigenvalue weighted by molar-refractivity contribution is 6.09. The number of nitriles is 1. The number of benzene rings is 2. The summed E-state index contributed by atoms with van der Waals surface area (Å²) in [5, 5.41) is 21.1. The molecule has 5 heteroatoms. The van der Waals surface area contributed by atoms with E-state index in [0.717, 1.165) is 0 Å². The van der Waals surface area contributed by atoms with Crippen LogP contribution in [0.25, 0.3) is 6.08 Å². The van der Waals surface area contributed by atoms with Gasteiger partial charge in [0.05, 0.1) is 0 Å². The first-order valence-electron chi connectivity index (χ1n) is 7.18. The number of ether oxygens (including phenoxy) is 1. The maximum Gasteiger partial charge on any atom is 0.266 e.